The summed E-state index contributed by atoms with van der Waals surface area (Å²) in [5, 5.41) is 0.526. The van der Waals surface area contributed by atoms with Crippen LogP contribution in [-0.4, -0.2) is 11.6 Å². The van der Waals surface area contributed by atoms with E-state index in [9.17, 15) is 0 Å². The Morgan fingerprint density at radius 1 is 1.15 bits per heavy atom. The van der Waals surface area contributed by atoms with E-state index < -0.39 is 0 Å². The number of halogens is 1. The molecule has 0 radical (unpaired) electrons. The van der Waals surface area contributed by atoms with Crippen molar-refractivity contribution >= 4 is 28.8 Å². The van der Waals surface area contributed by atoms with Gasteiger partial charge in [-0.25, -0.2) is 0 Å². The van der Waals surface area contributed by atoms with Gasteiger partial charge >= 0.3 is 0 Å². The van der Waals surface area contributed by atoms with Crippen molar-refractivity contribution in [2.75, 3.05) is 6.61 Å². The van der Waals surface area contributed by atoms with Gasteiger partial charge in [-0.3, -0.25) is 0 Å². The molecule has 4 heteroatoms. The first-order valence-corrected chi connectivity index (χ1v) is 7.21. The minimum Gasteiger partial charge on any atom is -0.494 e. The zero-order chi connectivity index (χ0) is 14.4. The molecule has 0 saturated heterocycles. The Bertz CT molecular complexity index is 586. The van der Waals surface area contributed by atoms with Crippen LogP contribution in [0.2, 0.25) is 5.02 Å². The summed E-state index contributed by atoms with van der Waals surface area (Å²) in [5.41, 5.74) is 7.55. The summed E-state index contributed by atoms with van der Waals surface area (Å²) >= 11 is 11.0. The van der Waals surface area contributed by atoms with Crippen LogP contribution in [0.25, 0.3) is 0 Å². The summed E-state index contributed by atoms with van der Waals surface area (Å²) in [5.74, 6) is 0.739. The van der Waals surface area contributed by atoms with Crippen molar-refractivity contribution < 1.29 is 4.74 Å². The lowest BCUT2D eigenvalue weighted by Gasteiger charge is -2.08. The van der Waals surface area contributed by atoms with Gasteiger partial charge in [0.05, 0.1) is 11.6 Å². The molecule has 0 aliphatic heterocycles. The Hall–Kier alpha value is -1.58. The molecular weight excluding hydrogens is 290 g/mol. The van der Waals surface area contributed by atoms with Gasteiger partial charge in [0.1, 0.15) is 10.7 Å². The number of hydrogen-bond acceptors (Lipinski definition) is 2. The lowest BCUT2D eigenvalue weighted by atomic mass is 10.1. The molecule has 2 nitrogen and oxygen atoms in total. The van der Waals surface area contributed by atoms with Crippen molar-refractivity contribution in [2.24, 2.45) is 5.73 Å². The topological polar surface area (TPSA) is 35.2 Å². The number of aryl methyl sites for hydroxylation is 1. The Labute approximate surface area is 129 Å². The van der Waals surface area contributed by atoms with Crippen LogP contribution >= 0.6 is 23.8 Å². The van der Waals surface area contributed by atoms with E-state index in [-0.39, 0.29) is 0 Å². The van der Waals surface area contributed by atoms with Crippen molar-refractivity contribution in [2.45, 2.75) is 12.8 Å². The second-order valence-electron chi connectivity index (χ2n) is 4.44. The third kappa shape index (κ3) is 4.22. The highest BCUT2D eigenvalue weighted by atomic mass is 35.5. The second-order valence-corrected chi connectivity index (χ2v) is 5.29. The molecule has 0 aliphatic rings. The molecule has 0 bridgehead atoms. The van der Waals surface area contributed by atoms with Gasteiger partial charge in [0.2, 0.25) is 0 Å². The van der Waals surface area contributed by atoms with Gasteiger partial charge in [0, 0.05) is 5.56 Å². The largest absolute Gasteiger partial charge is 0.494 e. The minimum absolute atomic E-state index is 0.297. The first-order chi connectivity index (χ1) is 9.66. The monoisotopic (exact) mass is 305 g/mol. The molecule has 2 rings (SSSR count). The third-order valence-electron chi connectivity index (χ3n) is 2.93. The lowest BCUT2D eigenvalue weighted by Crippen LogP contribution is -2.10. The van der Waals surface area contributed by atoms with Crippen LogP contribution in [0, 0.1) is 0 Å². The molecule has 0 aliphatic carbocycles. The van der Waals surface area contributed by atoms with Crippen molar-refractivity contribution in [1.29, 1.82) is 0 Å². The molecule has 2 aromatic carbocycles. The highest BCUT2D eigenvalue weighted by Gasteiger charge is 2.04. The van der Waals surface area contributed by atoms with Crippen LogP contribution in [0.3, 0.4) is 0 Å². The van der Waals surface area contributed by atoms with Crippen LogP contribution < -0.4 is 10.5 Å². The van der Waals surface area contributed by atoms with Crippen LogP contribution in [0.15, 0.2) is 48.5 Å². The average Bonchev–Trinajstić information content (AvgIpc) is 2.44. The van der Waals surface area contributed by atoms with E-state index in [2.05, 4.69) is 12.1 Å². The van der Waals surface area contributed by atoms with Gasteiger partial charge in [-0.2, -0.15) is 0 Å². The smallest absolute Gasteiger partial charge is 0.120 e. The zero-order valence-corrected chi connectivity index (χ0v) is 12.6. The quantitative estimate of drug-likeness (QED) is 0.647. The van der Waals surface area contributed by atoms with E-state index in [1.165, 1.54) is 5.56 Å². The molecule has 0 unspecified atom stereocenters. The SMILES string of the molecule is NC(=S)c1ccc(OCCCc2ccccc2)cc1Cl. The molecule has 2 N–H and O–H groups in total. The Kier molecular flexibility index (Phi) is 5.39. The maximum atomic E-state index is 6.09. The van der Waals surface area contributed by atoms with Crippen LogP contribution in [0.5, 0.6) is 5.75 Å². The van der Waals surface area contributed by atoms with E-state index in [4.69, 9.17) is 34.3 Å². The standard InChI is InChI=1S/C16H16ClNOS/c17-15-11-13(8-9-14(15)16(18)20)19-10-4-7-12-5-2-1-3-6-12/h1-3,5-6,8-9,11H,4,7,10H2,(H2,18,20). The van der Waals surface area contributed by atoms with E-state index in [0.717, 1.165) is 18.6 Å². The first kappa shape index (κ1) is 14.8. The van der Waals surface area contributed by atoms with Gasteiger partial charge < -0.3 is 10.5 Å². The fourth-order valence-corrected chi connectivity index (χ4v) is 2.40. The molecule has 2 aromatic rings. The number of hydrogen-bond donors (Lipinski definition) is 1. The molecule has 0 atom stereocenters. The molecule has 20 heavy (non-hydrogen) atoms. The number of thiocarbonyl (C=S) groups is 1. The van der Waals surface area contributed by atoms with Crippen molar-refractivity contribution in [1.82, 2.24) is 0 Å². The van der Waals surface area contributed by atoms with Gasteiger partial charge in [-0.1, -0.05) is 54.2 Å². The van der Waals surface area contributed by atoms with Gasteiger partial charge in [0.25, 0.3) is 0 Å². The number of benzene rings is 2. The molecule has 0 amide bonds. The minimum atomic E-state index is 0.297. The van der Waals surface area contributed by atoms with Crippen molar-refractivity contribution in [3.63, 3.8) is 0 Å². The normalized spacial score (nSPS) is 10.2. The third-order valence-corrected chi connectivity index (χ3v) is 3.46. The number of ether oxygens (including phenoxy) is 1. The van der Waals surface area contributed by atoms with Crippen LogP contribution in [-0.2, 0) is 6.42 Å². The van der Waals surface area contributed by atoms with Crippen molar-refractivity contribution in [3.8, 4) is 5.75 Å². The Morgan fingerprint density at radius 2 is 1.90 bits per heavy atom. The summed E-state index contributed by atoms with van der Waals surface area (Å²) in [6.45, 7) is 0.650. The van der Waals surface area contributed by atoms with Crippen LogP contribution in [0.4, 0.5) is 0 Å². The van der Waals surface area contributed by atoms with E-state index >= 15 is 0 Å². The highest BCUT2D eigenvalue weighted by Crippen LogP contribution is 2.22. The lowest BCUT2D eigenvalue weighted by molar-refractivity contribution is 0.311. The van der Waals surface area contributed by atoms with Gasteiger partial charge in [-0.15, -0.1) is 0 Å². The molecule has 0 fully saturated rings. The summed E-state index contributed by atoms with van der Waals surface area (Å²) in [6.07, 6.45) is 1.96. The summed E-state index contributed by atoms with van der Waals surface area (Å²) in [4.78, 5) is 0.297. The molecule has 0 saturated carbocycles. The number of nitrogens with two attached hydrogens (primary N) is 1. The van der Waals surface area contributed by atoms with E-state index in [0.29, 0.717) is 22.2 Å². The Morgan fingerprint density at radius 3 is 2.55 bits per heavy atom. The Balaban J connectivity index is 1.83. The summed E-state index contributed by atoms with van der Waals surface area (Å²) in [6, 6.07) is 15.7. The molecule has 0 spiro atoms. The molecule has 104 valence electrons. The van der Waals surface area contributed by atoms with Gasteiger partial charge in [-0.05, 0) is 36.6 Å². The predicted octanol–water partition coefficient (Wildman–Crippen LogP) is 3.99. The van der Waals surface area contributed by atoms with E-state index in [1.807, 2.05) is 24.3 Å². The van der Waals surface area contributed by atoms with Crippen molar-refractivity contribution in [3.05, 3.63) is 64.7 Å². The molecule has 0 heterocycles. The van der Waals surface area contributed by atoms with Gasteiger partial charge in [0.15, 0.2) is 0 Å². The predicted molar refractivity (Wildman–Crippen MR) is 87.6 cm³/mol. The summed E-state index contributed by atoms with van der Waals surface area (Å²) in [7, 11) is 0. The highest BCUT2D eigenvalue weighted by molar-refractivity contribution is 7.80. The molecular formula is C16H16ClNOS. The maximum absolute atomic E-state index is 6.09. The second kappa shape index (κ2) is 7.27. The molecule has 0 aromatic heterocycles. The first-order valence-electron chi connectivity index (χ1n) is 6.43. The fraction of sp³-hybridized carbons (Fsp3) is 0.188. The van der Waals surface area contributed by atoms with E-state index in [1.54, 1.807) is 12.1 Å². The summed E-state index contributed by atoms with van der Waals surface area (Å²) < 4.78 is 5.67. The average molecular weight is 306 g/mol. The number of rotatable bonds is 6. The maximum Gasteiger partial charge on any atom is 0.120 e. The zero-order valence-electron chi connectivity index (χ0n) is 11.0. The fourth-order valence-electron chi connectivity index (χ4n) is 1.90. The van der Waals surface area contributed by atoms with Crippen LogP contribution in [0.1, 0.15) is 17.5 Å².